The second-order valence-electron chi connectivity index (χ2n) is 4.70. The van der Waals surface area contributed by atoms with Crippen molar-refractivity contribution in [2.24, 2.45) is 5.73 Å². The first-order valence-electron chi connectivity index (χ1n) is 6.45. The lowest BCUT2D eigenvalue weighted by Gasteiger charge is -2.22. The third-order valence-electron chi connectivity index (χ3n) is 3.23. The predicted molar refractivity (Wildman–Crippen MR) is 87.4 cm³/mol. The van der Waals surface area contributed by atoms with Crippen LogP contribution in [0, 0.1) is 5.82 Å². The second kappa shape index (κ2) is 6.54. The highest BCUT2D eigenvalue weighted by atomic mass is 32.1. The van der Waals surface area contributed by atoms with Crippen LogP contribution in [0.1, 0.15) is 11.1 Å². The molecule has 0 bridgehead atoms. The molecule has 0 saturated carbocycles. The molecule has 3 nitrogen and oxygen atoms in total. The average molecular weight is 304 g/mol. The van der Waals surface area contributed by atoms with E-state index in [1.54, 1.807) is 19.2 Å². The van der Waals surface area contributed by atoms with Gasteiger partial charge in [0.15, 0.2) is 0 Å². The third kappa shape index (κ3) is 3.49. The van der Waals surface area contributed by atoms with E-state index in [4.69, 9.17) is 22.7 Å². The molecule has 21 heavy (non-hydrogen) atoms. The number of nitrogens with zero attached hydrogens (tertiary/aromatic N) is 1. The highest BCUT2D eigenvalue weighted by molar-refractivity contribution is 7.80. The molecule has 110 valence electrons. The first-order valence-corrected chi connectivity index (χ1v) is 6.86. The van der Waals surface area contributed by atoms with Crippen LogP contribution in [0.2, 0.25) is 0 Å². The van der Waals surface area contributed by atoms with E-state index in [-0.39, 0.29) is 10.6 Å². The number of ether oxygens (including phenoxy) is 1. The maximum atomic E-state index is 13.9. The molecule has 0 spiro atoms. The molecule has 0 unspecified atom stereocenters. The van der Waals surface area contributed by atoms with Gasteiger partial charge in [0.25, 0.3) is 0 Å². The van der Waals surface area contributed by atoms with Gasteiger partial charge in [-0.1, -0.05) is 30.4 Å². The van der Waals surface area contributed by atoms with Crippen molar-refractivity contribution in [3.8, 4) is 5.75 Å². The molecule has 0 aromatic heterocycles. The van der Waals surface area contributed by atoms with Gasteiger partial charge in [0.05, 0.1) is 12.7 Å². The summed E-state index contributed by atoms with van der Waals surface area (Å²) < 4.78 is 19.0. The van der Waals surface area contributed by atoms with Crippen molar-refractivity contribution in [2.75, 3.05) is 19.1 Å². The van der Waals surface area contributed by atoms with E-state index in [0.717, 1.165) is 11.3 Å². The Morgan fingerprint density at radius 2 is 1.90 bits per heavy atom. The summed E-state index contributed by atoms with van der Waals surface area (Å²) in [5.74, 6) is 0.401. The Morgan fingerprint density at radius 3 is 2.48 bits per heavy atom. The van der Waals surface area contributed by atoms with Gasteiger partial charge >= 0.3 is 0 Å². The quantitative estimate of drug-likeness (QED) is 0.862. The van der Waals surface area contributed by atoms with Crippen molar-refractivity contribution in [3.05, 3.63) is 59.4 Å². The van der Waals surface area contributed by atoms with Gasteiger partial charge in [-0.3, -0.25) is 0 Å². The number of benzene rings is 2. The summed E-state index contributed by atoms with van der Waals surface area (Å²) in [5.41, 5.74) is 7.67. The van der Waals surface area contributed by atoms with E-state index < -0.39 is 5.82 Å². The molecule has 0 radical (unpaired) electrons. The fourth-order valence-electron chi connectivity index (χ4n) is 2.16. The van der Waals surface area contributed by atoms with E-state index in [9.17, 15) is 4.39 Å². The number of methoxy groups -OCH3 is 1. The van der Waals surface area contributed by atoms with Gasteiger partial charge in [0.2, 0.25) is 0 Å². The van der Waals surface area contributed by atoms with Gasteiger partial charge in [-0.05, 0) is 29.8 Å². The third-order valence-corrected chi connectivity index (χ3v) is 3.43. The van der Waals surface area contributed by atoms with Crippen LogP contribution in [0.25, 0.3) is 0 Å². The fraction of sp³-hybridized carbons (Fsp3) is 0.188. The maximum absolute atomic E-state index is 13.9. The molecule has 0 aliphatic rings. The van der Waals surface area contributed by atoms with Crippen molar-refractivity contribution < 1.29 is 9.13 Å². The van der Waals surface area contributed by atoms with Crippen LogP contribution in [-0.2, 0) is 6.54 Å². The molecule has 5 heteroatoms. The highest BCUT2D eigenvalue weighted by Crippen LogP contribution is 2.24. The molecular weight excluding hydrogens is 287 g/mol. The minimum absolute atomic E-state index is 0.0599. The summed E-state index contributed by atoms with van der Waals surface area (Å²) in [4.78, 5) is 1.98. The zero-order valence-electron chi connectivity index (χ0n) is 12.0. The summed E-state index contributed by atoms with van der Waals surface area (Å²) in [5, 5.41) is 0. The number of rotatable bonds is 5. The van der Waals surface area contributed by atoms with Crippen LogP contribution in [0.5, 0.6) is 5.75 Å². The minimum Gasteiger partial charge on any atom is -0.497 e. The van der Waals surface area contributed by atoms with Crippen molar-refractivity contribution in [1.82, 2.24) is 0 Å². The lowest BCUT2D eigenvalue weighted by molar-refractivity contribution is 0.414. The Bertz CT molecular complexity index is 643. The molecular formula is C16H17FN2OS. The summed E-state index contributed by atoms with van der Waals surface area (Å²) in [6.07, 6.45) is 0. The van der Waals surface area contributed by atoms with Crippen LogP contribution in [0.3, 0.4) is 0 Å². The fourth-order valence-corrected chi connectivity index (χ4v) is 2.37. The van der Waals surface area contributed by atoms with Gasteiger partial charge in [-0.2, -0.15) is 0 Å². The second-order valence-corrected chi connectivity index (χ2v) is 5.14. The summed E-state index contributed by atoms with van der Waals surface area (Å²) in [6, 6.07) is 12.5. The van der Waals surface area contributed by atoms with Crippen molar-refractivity contribution in [3.63, 3.8) is 0 Å². The van der Waals surface area contributed by atoms with E-state index in [2.05, 4.69) is 0 Å². The highest BCUT2D eigenvalue weighted by Gasteiger charge is 2.14. The van der Waals surface area contributed by atoms with Crippen LogP contribution >= 0.6 is 12.2 Å². The molecule has 2 rings (SSSR count). The number of hydrogen-bond donors (Lipinski definition) is 1. The van der Waals surface area contributed by atoms with E-state index in [1.165, 1.54) is 6.07 Å². The number of nitrogens with two attached hydrogens (primary N) is 1. The van der Waals surface area contributed by atoms with Crippen molar-refractivity contribution in [2.45, 2.75) is 6.54 Å². The van der Waals surface area contributed by atoms with Crippen LogP contribution in [0.4, 0.5) is 10.1 Å². The SMILES string of the molecule is COc1ccc(CN(C)c2cccc(F)c2C(N)=S)cc1. The molecule has 0 amide bonds. The summed E-state index contributed by atoms with van der Waals surface area (Å²) in [6.45, 7) is 0.614. The van der Waals surface area contributed by atoms with Gasteiger partial charge in [-0.15, -0.1) is 0 Å². The van der Waals surface area contributed by atoms with E-state index in [1.807, 2.05) is 36.2 Å². The molecule has 2 aromatic carbocycles. The number of anilines is 1. The van der Waals surface area contributed by atoms with Gasteiger partial charge < -0.3 is 15.4 Å². The molecule has 0 aliphatic carbocycles. The molecule has 2 aromatic rings. The smallest absolute Gasteiger partial charge is 0.135 e. The average Bonchev–Trinajstić information content (AvgIpc) is 2.47. The van der Waals surface area contributed by atoms with Gasteiger partial charge in [0, 0.05) is 19.3 Å². The molecule has 2 N–H and O–H groups in total. The maximum Gasteiger partial charge on any atom is 0.135 e. The van der Waals surface area contributed by atoms with E-state index >= 15 is 0 Å². The summed E-state index contributed by atoms with van der Waals surface area (Å²) in [7, 11) is 3.50. The Kier molecular flexibility index (Phi) is 4.75. The standard InChI is InChI=1S/C16H17FN2OS/c1-19(10-11-6-8-12(20-2)9-7-11)14-5-3-4-13(17)15(14)16(18)21/h3-9H,10H2,1-2H3,(H2,18,21). The van der Waals surface area contributed by atoms with Crippen LogP contribution < -0.4 is 15.4 Å². The van der Waals surface area contributed by atoms with Gasteiger partial charge in [0.1, 0.15) is 16.6 Å². The molecule has 0 heterocycles. The number of thiocarbonyl (C=S) groups is 1. The van der Waals surface area contributed by atoms with Gasteiger partial charge in [-0.25, -0.2) is 4.39 Å². The largest absolute Gasteiger partial charge is 0.497 e. The molecule has 0 aliphatic heterocycles. The first kappa shape index (κ1) is 15.3. The van der Waals surface area contributed by atoms with Crippen molar-refractivity contribution in [1.29, 1.82) is 0 Å². The zero-order chi connectivity index (χ0) is 15.4. The van der Waals surface area contributed by atoms with Crippen molar-refractivity contribution >= 4 is 22.9 Å². The Hall–Kier alpha value is -2.14. The molecule has 0 atom stereocenters. The Labute approximate surface area is 129 Å². The predicted octanol–water partition coefficient (Wildman–Crippen LogP) is 3.10. The zero-order valence-corrected chi connectivity index (χ0v) is 12.8. The first-order chi connectivity index (χ1) is 10.0. The van der Waals surface area contributed by atoms with E-state index in [0.29, 0.717) is 12.2 Å². The molecule has 0 saturated heterocycles. The van der Waals surface area contributed by atoms with Crippen LogP contribution in [-0.4, -0.2) is 19.1 Å². The number of halogens is 1. The Balaban J connectivity index is 2.25. The lowest BCUT2D eigenvalue weighted by atomic mass is 10.1. The summed E-state index contributed by atoms with van der Waals surface area (Å²) >= 11 is 4.95. The Morgan fingerprint density at radius 1 is 1.24 bits per heavy atom. The van der Waals surface area contributed by atoms with Crippen LogP contribution in [0.15, 0.2) is 42.5 Å². The normalized spacial score (nSPS) is 10.2. The minimum atomic E-state index is -0.401. The lowest BCUT2D eigenvalue weighted by Crippen LogP contribution is -2.22. The monoisotopic (exact) mass is 304 g/mol. The topological polar surface area (TPSA) is 38.5 Å². The molecule has 0 fully saturated rings. The number of hydrogen-bond acceptors (Lipinski definition) is 3.